The monoisotopic (exact) mass is 487 g/mol. The van der Waals surface area contributed by atoms with Gasteiger partial charge in [0.1, 0.15) is 12.6 Å². The molecule has 0 radical (unpaired) electrons. The van der Waals surface area contributed by atoms with E-state index in [1.807, 2.05) is 70.2 Å². The quantitative estimate of drug-likeness (QED) is 0.298. The molecule has 0 fully saturated rings. The fraction of sp³-hybridized carbons (Fsp3) is 0.276. The van der Waals surface area contributed by atoms with Crippen LogP contribution in [0, 0.1) is 12.8 Å². The van der Waals surface area contributed by atoms with Crippen molar-refractivity contribution in [3.63, 3.8) is 0 Å². The summed E-state index contributed by atoms with van der Waals surface area (Å²) in [5.41, 5.74) is 6.02. The highest BCUT2D eigenvalue weighted by molar-refractivity contribution is 5.97. The first kappa shape index (κ1) is 26.5. The standard InChI is InChI=1S/C29H33N3O4/c1-5-35-26-17-23(15-16-25(26)36-19-22-13-11-21(4)12-14-22)18-30-32-29(34)27(20(2)3)31-28(33)24-9-7-6-8-10-24/h6-18,20,27H,5,19H2,1-4H3,(H,31,33)(H,32,34)/b30-18+. The first-order valence-corrected chi connectivity index (χ1v) is 12.0. The highest BCUT2D eigenvalue weighted by Crippen LogP contribution is 2.29. The Bertz CT molecular complexity index is 1170. The molecule has 188 valence electrons. The zero-order valence-corrected chi connectivity index (χ0v) is 21.2. The van der Waals surface area contributed by atoms with Gasteiger partial charge >= 0.3 is 0 Å². The molecule has 0 heterocycles. The topological polar surface area (TPSA) is 89.0 Å². The van der Waals surface area contributed by atoms with Crippen molar-refractivity contribution >= 4 is 18.0 Å². The Kier molecular flexibility index (Phi) is 9.63. The summed E-state index contributed by atoms with van der Waals surface area (Å²) in [6, 6.07) is 21.7. The van der Waals surface area contributed by atoms with Crippen molar-refractivity contribution in [2.45, 2.75) is 40.3 Å². The Hall–Kier alpha value is -4.13. The Labute approximate surface area is 212 Å². The fourth-order valence-electron chi connectivity index (χ4n) is 3.43. The van der Waals surface area contributed by atoms with Crippen molar-refractivity contribution < 1.29 is 19.1 Å². The van der Waals surface area contributed by atoms with Crippen molar-refractivity contribution in [1.29, 1.82) is 0 Å². The zero-order chi connectivity index (χ0) is 25.9. The number of carbonyl (C=O) groups is 2. The average Bonchev–Trinajstić information content (AvgIpc) is 2.88. The fourth-order valence-corrected chi connectivity index (χ4v) is 3.43. The van der Waals surface area contributed by atoms with E-state index >= 15 is 0 Å². The molecule has 0 bridgehead atoms. The van der Waals surface area contributed by atoms with Crippen molar-refractivity contribution in [2.75, 3.05) is 6.61 Å². The summed E-state index contributed by atoms with van der Waals surface area (Å²) in [6.07, 6.45) is 1.53. The Morgan fingerprint density at radius 1 is 0.944 bits per heavy atom. The van der Waals surface area contributed by atoms with Crippen LogP contribution in [-0.2, 0) is 11.4 Å². The van der Waals surface area contributed by atoms with Crippen molar-refractivity contribution in [3.05, 3.63) is 95.1 Å². The van der Waals surface area contributed by atoms with Crippen LogP contribution in [0.5, 0.6) is 11.5 Å². The molecule has 0 aliphatic rings. The SMILES string of the molecule is CCOc1cc(/C=N/NC(=O)C(NC(=O)c2ccccc2)C(C)C)ccc1OCc1ccc(C)cc1. The molecule has 0 saturated heterocycles. The minimum atomic E-state index is -0.730. The lowest BCUT2D eigenvalue weighted by Gasteiger charge is -2.20. The van der Waals surface area contributed by atoms with Gasteiger partial charge in [-0.05, 0) is 61.2 Å². The van der Waals surface area contributed by atoms with E-state index in [0.29, 0.717) is 30.3 Å². The van der Waals surface area contributed by atoms with Gasteiger partial charge in [-0.15, -0.1) is 0 Å². The van der Waals surface area contributed by atoms with Crippen LogP contribution >= 0.6 is 0 Å². The van der Waals surface area contributed by atoms with Crippen LogP contribution in [0.25, 0.3) is 0 Å². The molecule has 2 N–H and O–H groups in total. The van der Waals surface area contributed by atoms with Gasteiger partial charge in [0.2, 0.25) is 0 Å². The molecule has 0 saturated carbocycles. The zero-order valence-electron chi connectivity index (χ0n) is 21.2. The Morgan fingerprint density at radius 2 is 1.67 bits per heavy atom. The Morgan fingerprint density at radius 3 is 2.33 bits per heavy atom. The van der Waals surface area contributed by atoms with Crippen LogP contribution in [0.2, 0.25) is 0 Å². The van der Waals surface area contributed by atoms with E-state index in [2.05, 4.69) is 15.8 Å². The van der Waals surface area contributed by atoms with Crippen LogP contribution in [0.3, 0.4) is 0 Å². The van der Waals surface area contributed by atoms with Crippen molar-refractivity contribution in [2.24, 2.45) is 11.0 Å². The van der Waals surface area contributed by atoms with E-state index < -0.39 is 11.9 Å². The van der Waals surface area contributed by atoms with Gasteiger partial charge in [0.25, 0.3) is 11.8 Å². The number of hydrogen-bond acceptors (Lipinski definition) is 5. The number of carbonyl (C=O) groups excluding carboxylic acids is 2. The first-order chi connectivity index (χ1) is 17.4. The largest absolute Gasteiger partial charge is 0.490 e. The van der Waals surface area contributed by atoms with E-state index in [1.54, 1.807) is 30.3 Å². The lowest BCUT2D eigenvalue weighted by Crippen LogP contribution is -2.48. The number of rotatable bonds is 11. The van der Waals surface area contributed by atoms with Gasteiger partial charge in [-0.2, -0.15) is 5.10 Å². The summed E-state index contributed by atoms with van der Waals surface area (Å²) < 4.78 is 11.7. The smallest absolute Gasteiger partial charge is 0.262 e. The van der Waals surface area contributed by atoms with Crippen LogP contribution in [-0.4, -0.2) is 30.7 Å². The number of hydrazone groups is 1. The maximum Gasteiger partial charge on any atom is 0.262 e. The maximum atomic E-state index is 12.7. The van der Waals surface area contributed by atoms with Gasteiger partial charge in [-0.1, -0.05) is 61.9 Å². The molecule has 0 aliphatic carbocycles. The Balaban J connectivity index is 1.62. The van der Waals surface area contributed by atoms with E-state index in [-0.39, 0.29) is 11.8 Å². The number of hydrogen-bond donors (Lipinski definition) is 2. The summed E-state index contributed by atoms with van der Waals surface area (Å²) in [6.45, 7) is 8.58. The molecular formula is C29H33N3O4. The first-order valence-electron chi connectivity index (χ1n) is 12.0. The van der Waals surface area contributed by atoms with Crippen LogP contribution < -0.4 is 20.2 Å². The van der Waals surface area contributed by atoms with Gasteiger partial charge in [-0.25, -0.2) is 5.43 Å². The van der Waals surface area contributed by atoms with E-state index in [4.69, 9.17) is 9.47 Å². The molecule has 0 aromatic heterocycles. The van der Waals surface area contributed by atoms with Crippen molar-refractivity contribution in [1.82, 2.24) is 10.7 Å². The summed E-state index contributed by atoms with van der Waals surface area (Å²) in [5.74, 6) is 0.393. The minimum Gasteiger partial charge on any atom is -0.490 e. The molecule has 3 rings (SSSR count). The van der Waals surface area contributed by atoms with Crippen LogP contribution in [0.15, 0.2) is 77.9 Å². The number of aryl methyl sites for hydroxylation is 1. The predicted octanol–water partition coefficient (Wildman–Crippen LogP) is 4.88. The van der Waals surface area contributed by atoms with E-state index in [9.17, 15) is 9.59 Å². The van der Waals surface area contributed by atoms with Crippen molar-refractivity contribution in [3.8, 4) is 11.5 Å². The number of benzene rings is 3. The molecule has 1 unspecified atom stereocenters. The van der Waals surface area contributed by atoms with E-state index in [1.165, 1.54) is 11.8 Å². The number of ether oxygens (including phenoxy) is 2. The normalized spacial score (nSPS) is 11.8. The lowest BCUT2D eigenvalue weighted by atomic mass is 10.0. The second-order valence-electron chi connectivity index (χ2n) is 8.71. The van der Waals surface area contributed by atoms with E-state index in [0.717, 1.165) is 11.1 Å². The summed E-state index contributed by atoms with van der Waals surface area (Å²) in [7, 11) is 0. The molecular weight excluding hydrogens is 454 g/mol. The van der Waals surface area contributed by atoms with Crippen LogP contribution in [0.1, 0.15) is 47.8 Å². The molecule has 7 nitrogen and oxygen atoms in total. The van der Waals surface area contributed by atoms with Crippen LogP contribution in [0.4, 0.5) is 0 Å². The maximum absolute atomic E-state index is 12.7. The molecule has 3 aromatic carbocycles. The third kappa shape index (κ3) is 7.70. The molecule has 36 heavy (non-hydrogen) atoms. The van der Waals surface area contributed by atoms with Gasteiger partial charge in [0.15, 0.2) is 11.5 Å². The molecule has 3 aromatic rings. The summed E-state index contributed by atoms with van der Waals surface area (Å²) >= 11 is 0. The highest BCUT2D eigenvalue weighted by atomic mass is 16.5. The molecule has 0 spiro atoms. The summed E-state index contributed by atoms with van der Waals surface area (Å²) in [5, 5.41) is 6.87. The third-order valence-corrected chi connectivity index (χ3v) is 5.44. The van der Waals surface area contributed by atoms with Gasteiger partial charge in [0, 0.05) is 5.56 Å². The second-order valence-corrected chi connectivity index (χ2v) is 8.71. The lowest BCUT2D eigenvalue weighted by molar-refractivity contribution is -0.123. The summed E-state index contributed by atoms with van der Waals surface area (Å²) in [4.78, 5) is 25.2. The van der Waals surface area contributed by atoms with Gasteiger partial charge in [-0.3, -0.25) is 9.59 Å². The number of nitrogens with one attached hydrogen (secondary N) is 2. The highest BCUT2D eigenvalue weighted by Gasteiger charge is 2.24. The molecule has 7 heteroatoms. The number of nitrogens with zero attached hydrogens (tertiary/aromatic N) is 1. The average molecular weight is 488 g/mol. The second kappa shape index (κ2) is 13.1. The minimum absolute atomic E-state index is 0.123. The van der Waals surface area contributed by atoms with Gasteiger partial charge in [0.05, 0.1) is 12.8 Å². The number of amides is 2. The third-order valence-electron chi connectivity index (χ3n) is 5.44. The predicted molar refractivity (Wildman–Crippen MR) is 141 cm³/mol. The van der Waals surface area contributed by atoms with Gasteiger partial charge < -0.3 is 14.8 Å². The molecule has 0 aliphatic heterocycles. The molecule has 1 atom stereocenters. The molecule has 2 amide bonds.